The number of hydrogen-bond donors (Lipinski definition) is 2. The molecule has 2 atom stereocenters. The molecule has 2 fully saturated rings. The van der Waals surface area contributed by atoms with Gasteiger partial charge >= 0.3 is 0 Å². The lowest BCUT2D eigenvalue weighted by Crippen LogP contribution is -2.46. The lowest BCUT2D eigenvalue weighted by atomic mass is 9.84. The molecule has 2 unspecified atom stereocenters. The van der Waals surface area contributed by atoms with Crippen LogP contribution in [0.15, 0.2) is 36.3 Å². The first kappa shape index (κ1) is 25.1. The molecular formula is C25H41NO3. The van der Waals surface area contributed by atoms with Crippen molar-refractivity contribution in [3.8, 4) is 0 Å². The topological polar surface area (TPSA) is 58.6 Å². The number of carbonyl (C=O) groups is 1. The molecule has 1 aromatic rings. The third kappa shape index (κ3) is 8.93. The van der Waals surface area contributed by atoms with Crippen molar-refractivity contribution in [1.82, 2.24) is 5.32 Å². The summed E-state index contributed by atoms with van der Waals surface area (Å²) in [4.78, 5) is 10.00. The summed E-state index contributed by atoms with van der Waals surface area (Å²) >= 11 is 0. The van der Waals surface area contributed by atoms with Crippen molar-refractivity contribution in [2.45, 2.75) is 98.1 Å². The van der Waals surface area contributed by atoms with Crippen molar-refractivity contribution < 1.29 is 14.6 Å². The molecule has 4 nitrogen and oxygen atoms in total. The Morgan fingerprint density at radius 3 is 2.21 bits per heavy atom. The zero-order valence-electron chi connectivity index (χ0n) is 19.0. The Kier molecular flexibility index (Phi) is 12.2. The number of rotatable bonds is 6. The summed E-state index contributed by atoms with van der Waals surface area (Å²) in [5.74, 6) is 1.87. The van der Waals surface area contributed by atoms with Gasteiger partial charge in [0.1, 0.15) is 18.6 Å². The Balaban J connectivity index is 0.000000442. The number of nitrogens with one attached hydrogen (secondary N) is 1. The predicted octanol–water partition coefficient (Wildman–Crippen LogP) is 6.62. The first-order chi connectivity index (χ1) is 14.0. The minimum atomic E-state index is 0.183. The lowest BCUT2D eigenvalue weighted by Gasteiger charge is -2.22. The number of allylic oxidation sites excluding steroid dienone is 1. The Bertz CT molecular complexity index is 595. The number of aliphatic hydroxyl groups is 1. The second-order valence-corrected chi connectivity index (χ2v) is 7.88. The van der Waals surface area contributed by atoms with Gasteiger partial charge < -0.3 is 15.2 Å². The van der Waals surface area contributed by atoms with E-state index < -0.39 is 0 Å². The van der Waals surface area contributed by atoms with E-state index in [1.165, 1.54) is 37.7 Å². The zero-order chi connectivity index (χ0) is 21.6. The highest BCUT2D eigenvalue weighted by Gasteiger charge is 2.19. The van der Waals surface area contributed by atoms with Gasteiger partial charge in [0.25, 0.3) is 0 Å². The summed E-state index contributed by atoms with van der Waals surface area (Å²) in [6.45, 7) is 10.7. The van der Waals surface area contributed by atoms with E-state index in [-0.39, 0.29) is 11.8 Å². The van der Waals surface area contributed by atoms with E-state index in [1.54, 1.807) is 0 Å². The van der Waals surface area contributed by atoms with Crippen LogP contribution in [0.4, 0.5) is 0 Å². The second kappa shape index (κ2) is 14.1. The molecule has 2 N–H and O–H groups in total. The van der Waals surface area contributed by atoms with Gasteiger partial charge in [-0.1, -0.05) is 71.2 Å². The maximum Gasteiger partial charge on any atom is 0.222 e. The number of ether oxygens (including phenoxy) is 1. The van der Waals surface area contributed by atoms with Crippen LogP contribution < -0.4 is 5.32 Å². The molecule has 1 saturated carbocycles. The smallest absolute Gasteiger partial charge is 0.222 e. The van der Waals surface area contributed by atoms with Crippen molar-refractivity contribution in [2.75, 3.05) is 0 Å². The Labute approximate surface area is 177 Å². The number of amides is 1. The average molecular weight is 404 g/mol. The number of aliphatic hydroxyl groups excluding tert-OH is 1. The average Bonchev–Trinajstić information content (AvgIpc) is 2.76. The molecule has 0 spiro atoms. The SMILES string of the molecule is CC.CC1CC(=O)N1.CCC(C)/C(=C/O)OCc1ccc(C2CCCCC2)cc1. The monoisotopic (exact) mass is 403 g/mol. The van der Waals surface area contributed by atoms with E-state index in [2.05, 4.69) is 43.4 Å². The molecule has 1 heterocycles. The summed E-state index contributed by atoms with van der Waals surface area (Å²) in [6, 6.07) is 9.27. The van der Waals surface area contributed by atoms with Crippen molar-refractivity contribution in [2.24, 2.45) is 5.92 Å². The van der Waals surface area contributed by atoms with Gasteiger partial charge in [-0.15, -0.1) is 0 Å². The van der Waals surface area contributed by atoms with Crippen LogP contribution in [0.1, 0.15) is 96.6 Å². The molecule has 0 radical (unpaired) electrons. The van der Waals surface area contributed by atoms with Gasteiger partial charge in [0.05, 0.1) is 0 Å². The second-order valence-electron chi connectivity index (χ2n) is 7.88. The number of hydrogen-bond acceptors (Lipinski definition) is 3. The van der Waals surface area contributed by atoms with Crippen LogP contribution in [0.2, 0.25) is 0 Å². The fraction of sp³-hybridized carbons (Fsp3) is 0.640. The van der Waals surface area contributed by atoms with Gasteiger partial charge in [-0.25, -0.2) is 0 Å². The third-order valence-corrected chi connectivity index (χ3v) is 5.59. The standard InChI is InChI=1S/C19H28O2.C4H7NO.C2H6/c1-3-15(2)19(13-20)21-14-16-9-11-18(12-10-16)17-7-5-4-6-8-17;1-3-2-4(6)5-3;1-2/h9-13,15,17,20H,3-8,14H2,1-2H3;3H,2H2,1H3,(H,5,6);1-2H3/b19-13-;;. The molecule has 2 aliphatic rings. The summed E-state index contributed by atoms with van der Waals surface area (Å²) in [6.07, 6.45) is 9.60. The largest absolute Gasteiger partial charge is 0.512 e. The minimum Gasteiger partial charge on any atom is -0.512 e. The van der Waals surface area contributed by atoms with Crippen LogP contribution in [0.3, 0.4) is 0 Å². The van der Waals surface area contributed by atoms with Gasteiger partial charge in [0.2, 0.25) is 5.91 Å². The molecule has 0 bridgehead atoms. The van der Waals surface area contributed by atoms with Crippen molar-refractivity contribution in [3.63, 3.8) is 0 Å². The molecule has 1 amide bonds. The molecule has 164 valence electrons. The maximum absolute atomic E-state index is 10.00. The van der Waals surface area contributed by atoms with Gasteiger partial charge in [-0.3, -0.25) is 4.79 Å². The summed E-state index contributed by atoms with van der Waals surface area (Å²) < 4.78 is 5.73. The van der Waals surface area contributed by atoms with E-state index in [0.29, 0.717) is 18.4 Å². The van der Waals surface area contributed by atoms with Crippen LogP contribution in [-0.2, 0) is 16.1 Å². The van der Waals surface area contributed by atoms with Crippen LogP contribution in [0, 0.1) is 5.92 Å². The molecule has 29 heavy (non-hydrogen) atoms. The third-order valence-electron chi connectivity index (χ3n) is 5.59. The van der Waals surface area contributed by atoms with Crippen molar-refractivity contribution in [1.29, 1.82) is 0 Å². The van der Waals surface area contributed by atoms with Crippen molar-refractivity contribution >= 4 is 5.91 Å². The summed E-state index contributed by atoms with van der Waals surface area (Å²) in [5.41, 5.74) is 2.63. The molecule has 1 aliphatic heterocycles. The lowest BCUT2D eigenvalue weighted by molar-refractivity contribution is -0.127. The Morgan fingerprint density at radius 1 is 1.21 bits per heavy atom. The summed E-state index contributed by atoms with van der Waals surface area (Å²) in [7, 11) is 0. The van der Waals surface area contributed by atoms with Crippen LogP contribution in [0.25, 0.3) is 0 Å². The normalized spacial score (nSPS) is 20.1. The van der Waals surface area contributed by atoms with E-state index in [9.17, 15) is 9.90 Å². The Morgan fingerprint density at radius 2 is 1.79 bits per heavy atom. The van der Waals surface area contributed by atoms with Gasteiger partial charge in [0.15, 0.2) is 0 Å². The van der Waals surface area contributed by atoms with E-state index in [1.807, 2.05) is 20.8 Å². The van der Waals surface area contributed by atoms with Crippen molar-refractivity contribution in [3.05, 3.63) is 47.4 Å². The molecule has 1 aliphatic carbocycles. The maximum atomic E-state index is 10.00. The van der Waals surface area contributed by atoms with Gasteiger partial charge in [0, 0.05) is 18.4 Å². The van der Waals surface area contributed by atoms with Gasteiger partial charge in [-0.2, -0.15) is 0 Å². The quantitative estimate of drug-likeness (QED) is 0.414. The highest BCUT2D eigenvalue weighted by atomic mass is 16.5. The molecule has 1 saturated heterocycles. The summed E-state index contributed by atoms with van der Waals surface area (Å²) in [5, 5.41) is 11.9. The molecule has 4 heteroatoms. The first-order valence-corrected chi connectivity index (χ1v) is 11.4. The van der Waals surface area contributed by atoms with Crippen LogP contribution in [0.5, 0.6) is 0 Å². The van der Waals surface area contributed by atoms with Crippen LogP contribution in [-0.4, -0.2) is 17.1 Å². The first-order valence-electron chi connectivity index (χ1n) is 11.4. The molecule has 3 rings (SSSR count). The van der Waals surface area contributed by atoms with E-state index in [0.717, 1.165) is 30.6 Å². The van der Waals surface area contributed by atoms with Gasteiger partial charge in [-0.05, 0) is 43.2 Å². The Hall–Kier alpha value is -1.97. The fourth-order valence-corrected chi connectivity index (χ4v) is 3.53. The highest BCUT2D eigenvalue weighted by molar-refractivity contribution is 5.82. The molecule has 1 aromatic carbocycles. The predicted molar refractivity (Wildman–Crippen MR) is 121 cm³/mol. The highest BCUT2D eigenvalue weighted by Crippen LogP contribution is 2.32. The van der Waals surface area contributed by atoms with E-state index >= 15 is 0 Å². The minimum absolute atomic E-state index is 0.183. The number of benzene rings is 1. The number of β-lactam (4-membered cyclic amide) rings is 1. The number of carbonyl (C=O) groups excluding carboxylic acids is 1. The van der Waals surface area contributed by atoms with E-state index in [4.69, 9.17) is 4.74 Å². The zero-order valence-corrected chi connectivity index (χ0v) is 19.0. The molecular weight excluding hydrogens is 362 g/mol. The fourth-order valence-electron chi connectivity index (χ4n) is 3.53. The van der Waals surface area contributed by atoms with Crippen LogP contribution >= 0.6 is 0 Å². The molecule has 0 aromatic heterocycles.